The maximum absolute atomic E-state index is 13.3. The van der Waals surface area contributed by atoms with Crippen molar-refractivity contribution < 1.29 is 19.1 Å². The Morgan fingerprint density at radius 2 is 1.77 bits per heavy atom. The van der Waals surface area contributed by atoms with Crippen LogP contribution in [-0.2, 0) is 16.1 Å². The first-order chi connectivity index (χ1) is 17.1. The van der Waals surface area contributed by atoms with E-state index >= 15 is 0 Å². The third kappa shape index (κ3) is 4.80. The summed E-state index contributed by atoms with van der Waals surface area (Å²) in [7, 11) is 0. The molecule has 176 valence electrons. The van der Waals surface area contributed by atoms with E-state index in [1.165, 1.54) is 0 Å². The number of carbonyl (C=O) groups is 2. The predicted octanol–water partition coefficient (Wildman–Crippen LogP) is 4.54. The standard InChI is InChI=1S/C28H25N3O4/c32-26-28(14-16-30-26,31-27(33)34-19-20-7-3-1-4-8-20)25(35-24-9-5-2-6-10-24)22-12-11-21-13-15-29-18-23(21)17-22/h1-13,15,17-18,25H,14,16,19H2,(H,30,32)(H,31,33)/t25?,28-/m0/s1. The molecule has 0 aliphatic carbocycles. The summed E-state index contributed by atoms with van der Waals surface area (Å²) >= 11 is 0. The minimum Gasteiger partial charge on any atom is -0.483 e. The fourth-order valence-corrected chi connectivity index (χ4v) is 4.38. The third-order valence-electron chi connectivity index (χ3n) is 6.16. The summed E-state index contributed by atoms with van der Waals surface area (Å²) in [5.74, 6) is 0.267. The van der Waals surface area contributed by atoms with Crippen molar-refractivity contribution in [1.82, 2.24) is 15.6 Å². The number of benzene rings is 3. The van der Waals surface area contributed by atoms with E-state index in [9.17, 15) is 9.59 Å². The highest BCUT2D eigenvalue weighted by Gasteiger charge is 2.53. The molecule has 4 aromatic rings. The van der Waals surface area contributed by atoms with E-state index in [1.807, 2.05) is 84.9 Å². The Labute approximate surface area is 203 Å². The summed E-state index contributed by atoms with van der Waals surface area (Å²) in [5.41, 5.74) is 0.237. The fraction of sp³-hybridized carbons (Fsp3) is 0.179. The number of para-hydroxylation sites is 1. The molecule has 2 heterocycles. The van der Waals surface area contributed by atoms with Gasteiger partial charge in [0.15, 0.2) is 11.6 Å². The SMILES string of the molecule is O=C(N[C@]1(C(Oc2ccccc2)c2ccc3ccncc3c2)CCNC1=O)OCc1ccccc1. The number of amides is 2. The molecule has 35 heavy (non-hydrogen) atoms. The average Bonchev–Trinajstić information content (AvgIpc) is 3.27. The van der Waals surface area contributed by atoms with E-state index in [0.717, 1.165) is 21.9 Å². The van der Waals surface area contributed by atoms with Gasteiger partial charge in [-0.2, -0.15) is 0 Å². The first kappa shape index (κ1) is 22.4. The normalized spacial score (nSPS) is 18.0. The largest absolute Gasteiger partial charge is 0.483 e. The lowest BCUT2D eigenvalue weighted by Gasteiger charge is -2.36. The van der Waals surface area contributed by atoms with Crippen LogP contribution in [0.5, 0.6) is 5.75 Å². The Morgan fingerprint density at radius 3 is 2.51 bits per heavy atom. The molecule has 2 amide bonds. The molecule has 0 saturated carbocycles. The molecular formula is C28H25N3O4. The van der Waals surface area contributed by atoms with E-state index in [2.05, 4.69) is 15.6 Å². The maximum Gasteiger partial charge on any atom is 0.408 e. The lowest BCUT2D eigenvalue weighted by Crippen LogP contribution is -2.59. The summed E-state index contributed by atoms with van der Waals surface area (Å²) in [5, 5.41) is 7.65. The number of carbonyl (C=O) groups excluding carboxylic acids is 2. The van der Waals surface area contributed by atoms with Gasteiger partial charge in [-0.05, 0) is 40.8 Å². The van der Waals surface area contributed by atoms with Gasteiger partial charge in [0, 0.05) is 30.7 Å². The third-order valence-corrected chi connectivity index (χ3v) is 6.16. The fourth-order valence-electron chi connectivity index (χ4n) is 4.38. The molecule has 3 aromatic carbocycles. The van der Waals surface area contributed by atoms with Crippen LogP contribution in [0.3, 0.4) is 0 Å². The van der Waals surface area contributed by atoms with Gasteiger partial charge < -0.3 is 20.1 Å². The highest BCUT2D eigenvalue weighted by atomic mass is 16.5. The molecule has 0 bridgehead atoms. The first-order valence-corrected chi connectivity index (χ1v) is 11.5. The van der Waals surface area contributed by atoms with Crippen LogP contribution in [0.4, 0.5) is 4.79 Å². The van der Waals surface area contributed by atoms with Gasteiger partial charge in [0.25, 0.3) is 0 Å². The molecule has 7 nitrogen and oxygen atoms in total. The molecule has 1 aliphatic rings. The number of alkyl carbamates (subject to hydrolysis) is 1. The Bertz CT molecular complexity index is 1330. The molecule has 1 aromatic heterocycles. The topological polar surface area (TPSA) is 89.5 Å². The number of hydrogen-bond donors (Lipinski definition) is 2. The number of rotatable bonds is 7. The van der Waals surface area contributed by atoms with Crippen molar-refractivity contribution in [2.45, 2.75) is 24.7 Å². The van der Waals surface area contributed by atoms with Crippen molar-refractivity contribution >= 4 is 22.8 Å². The molecule has 2 N–H and O–H groups in total. The van der Waals surface area contributed by atoms with Crippen molar-refractivity contribution in [2.24, 2.45) is 0 Å². The minimum atomic E-state index is -1.36. The van der Waals surface area contributed by atoms with Crippen LogP contribution in [0.2, 0.25) is 0 Å². The molecule has 2 atom stereocenters. The zero-order valence-electron chi connectivity index (χ0n) is 19.0. The summed E-state index contributed by atoms with van der Waals surface area (Å²) in [6.07, 6.45) is 2.35. The first-order valence-electron chi connectivity index (χ1n) is 11.5. The van der Waals surface area contributed by atoms with Gasteiger partial charge in [-0.1, -0.05) is 60.7 Å². The molecule has 1 saturated heterocycles. The summed E-state index contributed by atoms with van der Waals surface area (Å²) in [6.45, 7) is 0.498. The van der Waals surface area contributed by atoms with E-state index in [4.69, 9.17) is 9.47 Å². The summed E-state index contributed by atoms with van der Waals surface area (Å²) in [6, 6.07) is 26.4. The van der Waals surface area contributed by atoms with Crippen LogP contribution in [-0.4, -0.2) is 29.1 Å². The predicted molar refractivity (Wildman–Crippen MR) is 132 cm³/mol. The molecule has 5 rings (SSSR count). The van der Waals surface area contributed by atoms with Gasteiger partial charge in [0.1, 0.15) is 12.4 Å². The van der Waals surface area contributed by atoms with Crippen LogP contribution < -0.4 is 15.4 Å². The zero-order valence-corrected chi connectivity index (χ0v) is 19.0. The summed E-state index contributed by atoms with van der Waals surface area (Å²) < 4.78 is 11.9. The van der Waals surface area contributed by atoms with Crippen LogP contribution in [0.1, 0.15) is 23.7 Å². The van der Waals surface area contributed by atoms with Crippen molar-refractivity contribution in [1.29, 1.82) is 0 Å². The second kappa shape index (κ2) is 9.85. The van der Waals surface area contributed by atoms with Gasteiger partial charge in [-0.15, -0.1) is 0 Å². The monoisotopic (exact) mass is 467 g/mol. The van der Waals surface area contributed by atoms with Gasteiger partial charge in [-0.3, -0.25) is 9.78 Å². The number of nitrogens with zero attached hydrogens (tertiary/aromatic N) is 1. The molecule has 1 aliphatic heterocycles. The molecule has 1 fully saturated rings. The number of pyridine rings is 1. The minimum absolute atomic E-state index is 0.0935. The van der Waals surface area contributed by atoms with E-state index < -0.39 is 17.7 Å². The van der Waals surface area contributed by atoms with Gasteiger partial charge in [0.2, 0.25) is 5.91 Å². The smallest absolute Gasteiger partial charge is 0.408 e. The second-order valence-electron chi connectivity index (χ2n) is 8.46. The van der Waals surface area contributed by atoms with Gasteiger partial charge in [0.05, 0.1) is 0 Å². The second-order valence-corrected chi connectivity index (χ2v) is 8.46. The maximum atomic E-state index is 13.3. The molecular weight excluding hydrogens is 442 g/mol. The van der Waals surface area contributed by atoms with Crippen LogP contribution >= 0.6 is 0 Å². The Morgan fingerprint density at radius 1 is 1.00 bits per heavy atom. The number of ether oxygens (including phenoxy) is 2. The average molecular weight is 468 g/mol. The number of aromatic nitrogens is 1. The highest BCUT2D eigenvalue weighted by molar-refractivity contribution is 5.93. The zero-order chi connectivity index (χ0) is 24.1. The van der Waals surface area contributed by atoms with Crippen LogP contribution in [0.15, 0.2) is 97.3 Å². The molecule has 0 radical (unpaired) electrons. The molecule has 0 spiro atoms. The summed E-state index contributed by atoms with van der Waals surface area (Å²) in [4.78, 5) is 30.5. The number of hydrogen-bond acceptors (Lipinski definition) is 5. The quantitative estimate of drug-likeness (QED) is 0.417. The number of nitrogens with one attached hydrogen (secondary N) is 2. The lowest BCUT2D eigenvalue weighted by molar-refractivity contribution is -0.128. The highest BCUT2D eigenvalue weighted by Crippen LogP contribution is 2.37. The van der Waals surface area contributed by atoms with E-state index in [0.29, 0.717) is 18.7 Å². The van der Waals surface area contributed by atoms with Crippen LogP contribution in [0, 0.1) is 0 Å². The van der Waals surface area contributed by atoms with Crippen molar-refractivity contribution in [3.63, 3.8) is 0 Å². The molecule has 1 unspecified atom stereocenters. The van der Waals surface area contributed by atoms with E-state index in [-0.39, 0.29) is 12.5 Å². The Kier molecular flexibility index (Phi) is 6.30. The Hall–Kier alpha value is -4.39. The number of fused-ring (bicyclic) bond motifs is 1. The lowest BCUT2D eigenvalue weighted by atomic mass is 9.85. The van der Waals surface area contributed by atoms with Crippen molar-refractivity contribution in [3.8, 4) is 5.75 Å². The Balaban J connectivity index is 1.50. The molecule has 7 heteroatoms. The van der Waals surface area contributed by atoms with Crippen molar-refractivity contribution in [3.05, 3.63) is 108 Å². The van der Waals surface area contributed by atoms with E-state index in [1.54, 1.807) is 12.4 Å². The van der Waals surface area contributed by atoms with Crippen molar-refractivity contribution in [2.75, 3.05) is 6.54 Å². The van der Waals surface area contributed by atoms with Crippen LogP contribution in [0.25, 0.3) is 10.8 Å². The van der Waals surface area contributed by atoms with Gasteiger partial charge >= 0.3 is 6.09 Å². The van der Waals surface area contributed by atoms with Gasteiger partial charge in [-0.25, -0.2) is 4.79 Å².